The van der Waals surface area contributed by atoms with Gasteiger partial charge >= 0.3 is 0 Å². The van der Waals surface area contributed by atoms with E-state index in [-0.39, 0.29) is 16.6 Å². The van der Waals surface area contributed by atoms with Crippen molar-refractivity contribution in [3.63, 3.8) is 0 Å². The van der Waals surface area contributed by atoms with Crippen LogP contribution in [0.2, 0.25) is 0 Å². The monoisotopic (exact) mass is 352 g/mol. The number of rotatable bonds is 2. The van der Waals surface area contributed by atoms with Crippen molar-refractivity contribution in [3.05, 3.63) is 33.8 Å². The molecular formula is C12H11BrF2O3S. The Balaban J connectivity index is 2.48. The molecule has 1 aliphatic heterocycles. The molecule has 0 aromatic heterocycles. The molecule has 1 aromatic carbocycles. The summed E-state index contributed by atoms with van der Waals surface area (Å²) in [7, 11) is -3.62. The van der Waals surface area contributed by atoms with Crippen molar-refractivity contribution in [1.82, 2.24) is 0 Å². The van der Waals surface area contributed by atoms with Crippen molar-refractivity contribution in [2.24, 2.45) is 0 Å². The summed E-state index contributed by atoms with van der Waals surface area (Å²) in [6.45, 7) is 0. The van der Waals surface area contributed by atoms with Crippen molar-refractivity contribution in [2.75, 3.05) is 5.75 Å². The van der Waals surface area contributed by atoms with Crippen molar-refractivity contribution in [2.45, 2.75) is 24.5 Å². The second kappa shape index (κ2) is 5.28. The summed E-state index contributed by atoms with van der Waals surface area (Å²) in [5.74, 6) is -3.19. The van der Waals surface area contributed by atoms with Crippen LogP contribution in [0.4, 0.5) is 8.78 Å². The Labute approximate surface area is 118 Å². The van der Waals surface area contributed by atoms with Crippen LogP contribution in [0.5, 0.6) is 0 Å². The smallest absolute Gasteiger partial charge is 0.186 e. The van der Waals surface area contributed by atoms with Crippen LogP contribution >= 0.6 is 15.9 Å². The van der Waals surface area contributed by atoms with Gasteiger partial charge in [0.25, 0.3) is 0 Å². The first-order chi connectivity index (χ1) is 8.84. The summed E-state index contributed by atoms with van der Waals surface area (Å²) < 4.78 is 51.0. The highest BCUT2D eigenvalue weighted by Gasteiger charge is 2.37. The fourth-order valence-electron chi connectivity index (χ4n) is 2.16. The molecule has 104 valence electrons. The molecule has 0 spiro atoms. The van der Waals surface area contributed by atoms with E-state index < -0.39 is 38.1 Å². The van der Waals surface area contributed by atoms with E-state index in [2.05, 4.69) is 15.9 Å². The summed E-state index contributed by atoms with van der Waals surface area (Å²) >= 11 is 2.86. The maximum absolute atomic E-state index is 13.8. The summed E-state index contributed by atoms with van der Waals surface area (Å²) in [4.78, 5) is 12.1. The topological polar surface area (TPSA) is 51.2 Å². The van der Waals surface area contributed by atoms with Crippen LogP contribution in [-0.2, 0) is 9.84 Å². The maximum Gasteiger partial charge on any atom is 0.186 e. The van der Waals surface area contributed by atoms with Gasteiger partial charge < -0.3 is 0 Å². The largest absolute Gasteiger partial charge is 0.292 e. The van der Waals surface area contributed by atoms with Gasteiger partial charge in [-0.05, 0) is 40.9 Å². The van der Waals surface area contributed by atoms with Crippen LogP contribution in [0, 0.1) is 11.6 Å². The number of carbonyl (C=O) groups is 1. The zero-order valence-electron chi connectivity index (χ0n) is 9.83. The van der Waals surface area contributed by atoms with E-state index in [1.165, 1.54) is 0 Å². The molecule has 0 N–H and O–H groups in total. The first-order valence-electron chi connectivity index (χ1n) is 5.74. The number of benzene rings is 1. The van der Waals surface area contributed by atoms with E-state index in [0.717, 1.165) is 12.1 Å². The normalized spacial score (nSPS) is 22.2. The highest BCUT2D eigenvalue weighted by Crippen LogP contribution is 2.28. The molecule has 0 saturated carbocycles. The third kappa shape index (κ3) is 2.72. The van der Waals surface area contributed by atoms with E-state index in [9.17, 15) is 22.0 Å². The second-order valence-corrected chi connectivity index (χ2v) is 7.59. The zero-order chi connectivity index (χ0) is 14.2. The zero-order valence-corrected chi connectivity index (χ0v) is 12.2. The number of Topliss-reactive ketones (excluding diaryl/α,β-unsaturated/α-hetero) is 1. The predicted octanol–water partition coefficient (Wildman–Crippen LogP) is 2.88. The van der Waals surface area contributed by atoms with Gasteiger partial charge in [-0.3, -0.25) is 4.79 Å². The molecular weight excluding hydrogens is 342 g/mol. The lowest BCUT2D eigenvalue weighted by Crippen LogP contribution is -2.36. The lowest BCUT2D eigenvalue weighted by molar-refractivity contribution is 0.0973. The molecule has 1 atom stereocenters. The van der Waals surface area contributed by atoms with E-state index in [1.807, 2.05) is 0 Å². The average molecular weight is 353 g/mol. The van der Waals surface area contributed by atoms with Gasteiger partial charge in [-0.25, -0.2) is 17.2 Å². The van der Waals surface area contributed by atoms with E-state index >= 15 is 0 Å². The molecule has 0 radical (unpaired) electrons. The molecule has 2 rings (SSSR count). The number of hydrogen-bond acceptors (Lipinski definition) is 3. The highest BCUT2D eigenvalue weighted by atomic mass is 79.9. The van der Waals surface area contributed by atoms with Crippen LogP contribution < -0.4 is 0 Å². The average Bonchev–Trinajstić information content (AvgIpc) is 2.33. The quantitative estimate of drug-likeness (QED) is 0.607. The van der Waals surface area contributed by atoms with Gasteiger partial charge in [-0.15, -0.1) is 0 Å². The fourth-order valence-corrected chi connectivity index (χ4v) is 4.35. The third-order valence-electron chi connectivity index (χ3n) is 3.16. The van der Waals surface area contributed by atoms with Gasteiger partial charge in [0.05, 0.1) is 15.8 Å². The minimum atomic E-state index is -3.62. The number of sulfone groups is 1. The minimum absolute atomic E-state index is 0.0644. The Kier molecular flexibility index (Phi) is 4.06. The summed E-state index contributed by atoms with van der Waals surface area (Å²) in [6.07, 6.45) is 1.16. The predicted molar refractivity (Wildman–Crippen MR) is 69.8 cm³/mol. The highest BCUT2D eigenvalue weighted by molar-refractivity contribution is 9.10. The molecule has 1 heterocycles. The van der Waals surface area contributed by atoms with Crippen LogP contribution in [0.3, 0.4) is 0 Å². The molecule has 0 amide bonds. The summed E-state index contributed by atoms with van der Waals surface area (Å²) in [6, 6.07) is 2.08. The Hall–Kier alpha value is -0.820. The van der Waals surface area contributed by atoms with Gasteiger partial charge in [-0.2, -0.15) is 0 Å². The molecule has 7 heteroatoms. The molecule has 3 nitrogen and oxygen atoms in total. The Bertz CT molecular complexity index is 628. The number of carbonyl (C=O) groups excluding carboxylic acids is 1. The van der Waals surface area contributed by atoms with E-state index in [0.29, 0.717) is 12.8 Å². The van der Waals surface area contributed by atoms with Crippen LogP contribution in [0.1, 0.15) is 29.6 Å². The fraction of sp³-hybridized carbons (Fsp3) is 0.417. The minimum Gasteiger partial charge on any atom is -0.292 e. The number of ketones is 1. The molecule has 1 unspecified atom stereocenters. The molecule has 19 heavy (non-hydrogen) atoms. The van der Waals surface area contributed by atoms with Gasteiger partial charge in [0, 0.05) is 0 Å². The lowest BCUT2D eigenvalue weighted by atomic mass is 10.0. The Morgan fingerprint density at radius 3 is 2.58 bits per heavy atom. The lowest BCUT2D eigenvalue weighted by Gasteiger charge is -2.21. The summed E-state index contributed by atoms with van der Waals surface area (Å²) in [5, 5.41) is -1.33. The van der Waals surface area contributed by atoms with Crippen molar-refractivity contribution < 1.29 is 22.0 Å². The standard InChI is InChI=1S/C12H11BrF2O3S/c13-7-4-5-8(14)10(11(7)15)12(16)9-3-1-2-6-19(9,17)18/h4-5,9H,1-3,6H2. The molecule has 1 saturated heterocycles. The van der Waals surface area contributed by atoms with Crippen LogP contribution in [0.25, 0.3) is 0 Å². The van der Waals surface area contributed by atoms with Crippen LogP contribution in [-0.4, -0.2) is 25.2 Å². The van der Waals surface area contributed by atoms with Crippen molar-refractivity contribution >= 4 is 31.6 Å². The first-order valence-corrected chi connectivity index (χ1v) is 8.24. The molecule has 1 aliphatic rings. The van der Waals surface area contributed by atoms with E-state index in [1.54, 1.807) is 0 Å². The van der Waals surface area contributed by atoms with Gasteiger partial charge in [-0.1, -0.05) is 6.42 Å². The number of halogens is 3. The first kappa shape index (κ1) is 14.6. The molecule has 0 bridgehead atoms. The van der Waals surface area contributed by atoms with E-state index in [4.69, 9.17) is 0 Å². The maximum atomic E-state index is 13.8. The molecule has 0 aliphatic carbocycles. The SMILES string of the molecule is O=C(c1c(F)ccc(Br)c1F)C1CCCCS1(=O)=O. The Morgan fingerprint density at radius 1 is 1.26 bits per heavy atom. The van der Waals surface area contributed by atoms with Gasteiger partial charge in [0.2, 0.25) is 0 Å². The van der Waals surface area contributed by atoms with Gasteiger partial charge in [0.15, 0.2) is 21.4 Å². The van der Waals surface area contributed by atoms with Gasteiger partial charge in [0.1, 0.15) is 11.1 Å². The molecule has 1 aromatic rings. The second-order valence-electron chi connectivity index (χ2n) is 4.43. The van der Waals surface area contributed by atoms with Crippen molar-refractivity contribution in [3.8, 4) is 0 Å². The Morgan fingerprint density at radius 2 is 1.95 bits per heavy atom. The van der Waals surface area contributed by atoms with Crippen LogP contribution in [0.15, 0.2) is 16.6 Å². The summed E-state index contributed by atoms with van der Waals surface area (Å²) in [5.41, 5.74) is -0.773. The third-order valence-corrected chi connectivity index (χ3v) is 5.95. The number of hydrogen-bond donors (Lipinski definition) is 0. The molecule has 1 fully saturated rings. The van der Waals surface area contributed by atoms with Crippen molar-refractivity contribution in [1.29, 1.82) is 0 Å².